The highest BCUT2D eigenvalue weighted by Gasteiger charge is 2.34. The van der Waals surface area contributed by atoms with Crippen molar-refractivity contribution < 1.29 is 27.9 Å². The maximum atomic E-state index is 12.9. The highest BCUT2D eigenvalue weighted by atomic mass is 19.4. The number of rotatable bonds is 3. The summed E-state index contributed by atoms with van der Waals surface area (Å²) in [4.78, 5) is 23.0. The third-order valence-electron chi connectivity index (χ3n) is 2.87. The predicted octanol–water partition coefficient (Wildman–Crippen LogP) is 2.32. The van der Waals surface area contributed by atoms with Crippen molar-refractivity contribution in [3.63, 3.8) is 0 Å². The molecule has 0 fully saturated rings. The number of aromatic carboxylic acids is 1. The van der Waals surface area contributed by atoms with E-state index in [4.69, 9.17) is 0 Å². The lowest BCUT2D eigenvalue weighted by molar-refractivity contribution is -0.254. The van der Waals surface area contributed by atoms with Crippen molar-refractivity contribution in [3.8, 4) is 0 Å². The van der Waals surface area contributed by atoms with Gasteiger partial charge in [0, 0.05) is 5.56 Å². The van der Waals surface area contributed by atoms with E-state index in [0.29, 0.717) is 0 Å². The van der Waals surface area contributed by atoms with Gasteiger partial charge in [-0.1, -0.05) is 30.3 Å². The smallest absolute Gasteiger partial charge is 0.417 e. The highest BCUT2D eigenvalue weighted by molar-refractivity contribution is 6.08. The molecule has 2 rings (SSSR count). The summed E-state index contributed by atoms with van der Waals surface area (Å²) >= 11 is 0. The molecule has 2 aromatic rings. The number of hydrogen-bond acceptors (Lipinski definition) is 3. The second-order valence-electron chi connectivity index (χ2n) is 4.33. The average Bonchev–Trinajstić information content (AvgIpc) is 2.46. The van der Waals surface area contributed by atoms with E-state index in [9.17, 15) is 27.9 Å². The quantitative estimate of drug-likeness (QED) is 0.946. The van der Waals surface area contributed by atoms with Gasteiger partial charge in [-0.15, -0.1) is 0 Å². The number of nitrogens with one attached hydrogen (secondary N) is 1. The van der Waals surface area contributed by atoms with Crippen LogP contribution in [0.1, 0.15) is 26.3 Å². The molecule has 0 saturated carbocycles. The van der Waals surface area contributed by atoms with Crippen LogP contribution in [0.2, 0.25) is 0 Å². The zero-order chi connectivity index (χ0) is 16.3. The summed E-state index contributed by atoms with van der Waals surface area (Å²) < 4.78 is 38.6. The Bertz CT molecular complexity index is 726. The van der Waals surface area contributed by atoms with Crippen LogP contribution in [0.15, 0.2) is 48.5 Å². The average molecular weight is 308 g/mol. The predicted molar refractivity (Wildman–Crippen MR) is 70.2 cm³/mol. The molecule has 0 heterocycles. The lowest BCUT2D eigenvalue weighted by Gasteiger charge is -2.14. The molecule has 0 aliphatic rings. The van der Waals surface area contributed by atoms with E-state index < -0.39 is 29.2 Å². The van der Waals surface area contributed by atoms with Gasteiger partial charge >= 0.3 is 6.18 Å². The first-order chi connectivity index (χ1) is 10.3. The fourth-order valence-corrected chi connectivity index (χ4v) is 1.89. The molecule has 0 unspecified atom stereocenters. The number of halogens is 3. The molecule has 0 aliphatic heterocycles. The Hall–Kier alpha value is -2.83. The number of carbonyl (C=O) groups is 2. The lowest BCUT2D eigenvalue weighted by atomic mass is 10.1. The van der Waals surface area contributed by atoms with Crippen LogP contribution in [-0.2, 0) is 6.18 Å². The monoisotopic (exact) mass is 308 g/mol. The third-order valence-corrected chi connectivity index (χ3v) is 2.87. The van der Waals surface area contributed by atoms with Crippen molar-refractivity contribution in [2.45, 2.75) is 6.18 Å². The summed E-state index contributed by atoms with van der Waals surface area (Å²) in [6.45, 7) is 0. The minimum Gasteiger partial charge on any atom is -0.545 e. The minimum atomic E-state index is -4.69. The fourth-order valence-electron chi connectivity index (χ4n) is 1.89. The van der Waals surface area contributed by atoms with E-state index in [-0.39, 0.29) is 11.3 Å². The van der Waals surface area contributed by atoms with E-state index in [1.54, 1.807) is 0 Å². The van der Waals surface area contributed by atoms with Gasteiger partial charge in [0.2, 0.25) is 0 Å². The number of carboxylic acid groups (broad SMARTS) is 1. The first-order valence-electron chi connectivity index (χ1n) is 6.08. The first kappa shape index (κ1) is 15.6. The van der Waals surface area contributed by atoms with Crippen LogP contribution in [0, 0.1) is 0 Å². The molecule has 0 bridgehead atoms. The van der Waals surface area contributed by atoms with Crippen molar-refractivity contribution in [3.05, 3.63) is 65.2 Å². The van der Waals surface area contributed by atoms with Gasteiger partial charge < -0.3 is 15.2 Å². The molecule has 0 saturated heterocycles. The van der Waals surface area contributed by atoms with Crippen LogP contribution in [0.4, 0.5) is 18.9 Å². The van der Waals surface area contributed by atoms with Crippen LogP contribution >= 0.6 is 0 Å². The molecule has 0 aliphatic carbocycles. The van der Waals surface area contributed by atoms with Crippen molar-refractivity contribution >= 4 is 17.6 Å². The third kappa shape index (κ3) is 3.25. The van der Waals surface area contributed by atoms with E-state index in [1.165, 1.54) is 30.3 Å². The van der Waals surface area contributed by atoms with Crippen LogP contribution in [-0.4, -0.2) is 11.9 Å². The molecule has 114 valence electrons. The SMILES string of the molecule is O=C([O-])c1ccccc1NC(=O)c1ccccc1C(F)(F)F. The van der Waals surface area contributed by atoms with E-state index in [0.717, 1.165) is 18.2 Å². The number of amides is 1. The van der Waals surface area contributed by atoms with E-state index in [2.05, 4.69) is 5.32 Å². The van der Waals surface area contributed by atoms with Gasteiger partial charge in [0.1, 0.15) is 0 Å². The minimum absolute atomic E-state index is 0.135. The molecular formula is C15H9F3NO3-. The number of hydrogen-bond donors (Lipinski definition) is 1. The number of anilines is 1. The maximum absolute atomic E-state index is 12.9. The van der Waals surface area contributed by atoms with Crippen LogP contribution in [0.3, 0.4) is 0 Å². The Morgan fingerprint density at radius 3 is 2.05 bits per heavy atom. The molecule has 0 spiro atoms. The molecule has 0 aromatic heterocycles. The number of para-hydroxylation sites is 1. The summed E-state index contributed by atoms with van der Waals surface area (Å²) in [5.74, 6) is -2.60. The molecule has 4 nitrogen and oxygen atoms in total. The molecule has 2 aromatic carbocycles. The first-order valence-corrected chi connectivity index (χ1v) is 6.08. The second-order valence-corrected chi connectivity index (χ2v) is 4.33. The van der Waals surface area contributed by atoms with Gasteiger partial charge in [-0.2, -0.15) is 13.2 Å². The second kappa shape index (κ2) is 5.88. The number of carbonyl (C=O) groups excluding carboxylic acids is 2. The Kier molecular flexibility index (Phi) is 4.16. The number of benzene rings is 2. The Labute approximate surface area is 123 Å². The van der Waals surface area contributed by atoms with Gasteiger partial charge in [-0.05, 0) is 18.2 Å². The van der Waals surface area contributed by atoms with Gasteiger partial charge in [0.05, 0.1) is 22.8 Å². The molecule has 1 amide bonds. The molecule has 1 N–H and O–H groups in total. The van der Waals surface area contributed by atoms with Crippen molar-refractivity contribution in [1.29, 1.82) is 0 Å². The zero-order valence-corrected chi connectivity index (χ0v) is 11.0. The number of carboxylic acids is 1. The summed E-state index contributed by atoms with van der Waals surface area (Å²) in [5, 5.41) is 13.1. The van der Waals surface area contributed by atoms with Crippen LogP contribution in [0.25, 0.3) is 0 Å². The zero-order valence-electron chi connectivity index (χ0n) is 11.0. The molecular weight excluding hydrogens is 299 g/mol. The van der Waals surface area contributed by atoms with Crippen molar-refractivity contribution in [1.82, 2.24) is 0 Å². The van der Waals surface area contributed by atoms with Gasteiger partial charge in [0.15, 0.2) is 0 Å². The summed E-state index contributed by atoms with van der Waals surface area (Å²) in [6, 6.07) is 9.53. The molecule has 0 atom stereocenters. The van der Waals surface area contributed by atoms with E-state index >= 15 is 0 Å². The molecule has 22 heavy (non-hydrogen) atoms. The Balaban J connectivity index is 2.38. The largest absolute Gasteiger partial charge is 0.545 e. The number of alkyl halides is 3. The molecule has 0 radical (unpaired) electrons. The Morgan fingerprint density at radius 1 is 0.909 bits per heavy atom. The van der Waals surface area contributed by atoms with Crippen molar-refractivity contribution in [2.75, 3.05) is 5.32 Å². The standard InChI is InChI=1S/C15H10F3NO3/c16-15(17,18)11-7-3-1-5-9(11)13(20)19-12-8-4-2-6-10(12)14(21)22/h1-8H,(H,19,20)(H,21,22)/p-1. The van der Waals surface area contributed by atoms with E-state index in [1.807, 2.05) is 0 Å². The van der Waals surface area contributed by atoms with Gasteiger partial charge in [-0.25, -0.2) is 0 Å². The highest BCUT2D eigenvalue weighted by Crippen LogP contribution is 2.32. The lowest BCUT2D eigenvalue weighted by Crippen LogP contribution is -2.25. The Morgan fingerprint density at radius 2 is 1.45 bits per heavy atom. The summed E-state index contributed by atoms with van der Waals surface area (Å²) in [5.41, 5.74) is -2.15. The van der Waals surface area contributed by atoms with Crippen LogP contribution in [0.5, 0.6) is 0 Å². The summed E-state index contributed by atoms with van der Waals surface area (Å²) in [6.07, 6.45) is -4.69. The van der Waals surface area contributed by atoms with Gasteiger partial charge in [-0.3, -0.25) is 4.79 Å². The van der Waals surface area contributed by atoms with Crippen molar-refractivity contribution in [2.24, 2.45) is 0 Å². The van der Waals surface area contributed by atoms with Crippen LogP contribution < -0.4 is 10.4 Å². The summed E-state index contributed by atoms with van der Waals surface area (Å²) in [7, 11) is 0. The fraction of sp³-hybridized carbons (Fsp3) is 0.0667. The normalized spacial score (nSPS) is 11.0. The van der Waals surface area contributed by atoms with Gasteiger partial charge in [0.25, 0.3) is 5.91 Å². The molecule has 7 heteroatoms. The maximum Gasteiger partial charge on any atom is 0.417 e. The topological polar surface area (TPSA) is 69.2 Å².